The van der Waals surface area contributed by atoms with E-state index in [1.165, 1.54) is 28.7 Å². The van der Waals surface area contributed by atoms with E-state index in [4.69, 9.17) is 9.85 Å². The number of carbonyl (C=O) groups is 1. The van der Waals surface area contributed by atoms with Gasteiger partial charge in [0.25, 0.3) is 0 Å². The van der Waals surface area contributed by atoms with Crippen LogP contribution in [0.3, 0.4) is 0 Å². The van der Waals surface area contributed by atoms with Crippen LogP contribution in [0.25, 0.3) is 6.08 Å². The number of primary amides is 1. The molecule has 3 nitrogen and oxygen atoms in total. The Balaban J connectivity index is 1.92. The second kappa shape index (κ2) is 5.05. The third-order valence-electron chi connectivity index (χ3n) is 8.56. The summed E-state index contributed by atoms with van der Waals surface area (Å²) in [4.78, 5) is 13.4. The number of rotatable bonds is 2. The Kier molecular flexibility index (Phi) is 3.35. The van der Waals surface area contributed by atoms with Gasteiger partial charge in [-0.25, -0.2) is 0 Å². The number of allylic oxidation sites excluding steroid dienone is 1. The molecule has 144 valence electrons. The summed E-state index contributed by atoms with van der Waals surface area (Å²) in [6, 6.07) is 6.79. The van der Waals surface area contributed by atoms with Gasteiger partial charge in [0.1, 0.15) is 0 Å². The van der Waals surface area contributed by atoms with Crippen molar-refractivity contribution in [1.29, 1.82) is 0 Å². The van der Waals surface area contributed by atoms with E-state index < -0.39 is 21.7 Å². The molecule has 1 saturated heterocycles. The maximum absolute atomic E-state index is 13.4. The molecule has 4 atom stereocenters. The average Bonchev–Trinajstić information content (AvgIpc) is 3.25. The lowest BCUT2D eigenvalue weighted by Crippen LogP contribution is -2.63. The van der Waals surface area contributed by atoms with Crippen molar-refractivity contribution in [3.8, 4) is 0 Å². The van der Waals surface area contributed by atoms with Gasteiger partial charge in [0.2, 0.25) is 5.91 Å². The van der Waals surface area contributed by atoms with E-state index in [0.29, 0.717) is 11.8 Å². The molecule has 1 amide bonds. The summed E-state index contributed by atoms with van der Waals surface area (Å²) in [5, 5.41) is -0.630. The zero-order chi connectivity index (χ0) is 19.4. The maximum atomic E-state index is 13.4. The average molecular weight is 398 g/mol. The van der Waals surface area contributed by atoms with Crippen molar-refractivity contribution in [2.75, 3.05) is 0 Å². The van der Waals surface area contributed by atoms with Crippen LogP contribution in [0.15, 0.2) is 23.8 Å². The monoisotopic (exact) mass is 397 g/mol. The van der Waals surface area contributed by atoms with Gasteiger partial charge in [0.15, 0.2) is 16.6 Å². The molecule has 0 spiro atoms. The van der Waals surface area contributed by atoms with Gasteiger partial charge in [-0.05, 0) is 87.3 Å². The van der Waals surface area contributed by atoms with E-state index in [2.05, 4.69) is 57.4 Å². The summed E-state index contributed by atoms with van der Waals surface area (Å²) in [7, 11) is -4.53. The number of amides is 1. The van der Waals surface area contributed by atoms with Crippen molar-refractivity contribution < 1.29 is 8.91 Å². The summed E-state index contributed by atoms with van der Waals surface area (Å²) in [5.74, 6) is 0.866. The smallest absolute Gasteiger partial charge is 0.224 e. The van der Waals surface area contributed by atoms with Crippen molar-refractivity contribution in [3.05, 3.63) is 40.5 Å². The van der Waals surface area contributed by atoms with Gasteiger partial charge >= 0.3 is 0 Å². The fraction of sp³-hybridized carbons (Fsp3) is 0.591. The molecule has 0 aromatic heterocycles. The van der Waals surface area contributed by atoms with Gasteiger partial charge in [-0.3, -0.25) is 4.79 Å². The zero-order valence-electron chi connectivity index (χ0n) is 17.2. The van der Waals surface area contributed by atoms with Gasteiger partial charge in [-0.2, -0.15) is 0 Å². The Labute approximate surface area is 164 Å². The number of nitrogens with two attached hydrogens (primary N) is 1. The molecule has 4 unspecified atom stereocenters. The van der Waals surface area contributed by atoms with Crippen LogP contribution < -0.4 is 5.73 Å². The first-order valence-electron chi connectivity index (χ1n) is 10.4. The molecular formula is C22H31NO2Si2. The minimum Gasteiger partial charge on any atom is -0.454 e. The number of fused-ring (bicyclic) bond motifs is 6. The molecule has 27 heavy (non-hydrogen) atoms. The molecule has 2 bridgehead atoms. The minimum absolute atomic E-state index is 0.0688. The number of hydrogen-bond acceptors (Lipinski definition) is 2. The van der Waals surface area contributed by atoms with E-state index in [-0.39, 0.29) is 10.9 Å². The number of hydrogen-bond donors (Lipinski definition) is 1. The molecular weight excluding hydrogens is 366 g/mol. The minimum atomic E-state index is -2.31. The Morgan fingerprint density at radius 3 is 2.56 bits per heavy atom. The maximum Gasteiger partial charge on any atom is 0.224 e. The van der Waals surface area contributed by atoms with E-state index in [1.54, 1.807) is 0 Å². The molecule has 1 aromatic rings. The third kappa shape index (κ3) is 1.72. The van der Waals surface area contributed by atoms with Gasteiger partial charge in [-0.1, -0.05) is 29.8 Å². The highest BCUT2D eigenvalue weighted by Gasteiger charge is 2.86. The van der Waals surface area contributed by atoms with Crippen LogP contribution in [0.4, 0.5) is 0 Å². The Bertz CT molecular complexity index is 906. The van der Waals surface area contributed by atoms with Crippen LogP contribution >= 0.6 is 0 Å². The van der Waals surface area contributed by atoms with Crippen molar-refractivity contribution in [2.45, 2.75) is 68.9 Å². The Morgan fingerprint density at radius 2 is 1.85 bits per heavy atom. The molecule has 2 saturated carbocycles. The lowest BCUT2D eigenvalue weighted by molar-refractivity contribution is -0.123. The second-order valence-corrected chi connectivity index (χ2v) is 18.8. The summed E-state index contributed by atoms with van der Waals surface area (Å²) in [6.45, 7) is 11.5. The fourth-order valence-electron chi connectivity index (χ4n) is 8.47. The lowest BCUT2D eigenvalue weighted by Gasteiger charge is -2.53. The summed E-state index contributed by atoms with van der Waals surface area (Å²) < 4.78 is 7.05. The van der Waals surface area contributed by atoms with Crippen molar-refractivity contribution in [2.24, 2.45) is 17.6 Å². The van der Waals surface area contributed by atoms with Crippen molar-refractivity contribution >= 4 is 28.6 Å². The fourth-order valence-corrected chi connectivity index (χ4v) is 23.2. The number of carbonyl (C=O) groups excluding carboxylic acids is 1. The largest absolute Gasteiger partial charge is 0.454 e. The van der Waals surface area contributed by atoms with E-state index in [9.17, 15) is 4.79 Å². The Morgan fingerprint density at radius 1 is 1.15 bits per heavy atom. The topological polar surface area (TPSA) is 52.3 Å². The molecule has 4 aliphatic rings. The third-order valence-corrected chi connectivity index (χ3v) is 18.8. The van der Waals surface area contributed by atoms with Gasteiger partial charge < -0.3 is 9.85 Å². The van der Waals surface area contributed by atoms with Crippen LogP contribution in [-0.2, 0) is 20.4 Å². The zero-order valence-corrected chi connectivity index (χ0v) is 19.2. The SMILES string of the molecule is CC1=Cc2c(cccc2C23C4CCC(C4)C2(C(N)=O)[Si](C)(C)O[Si]3(C)C)C1. The normalized spacial score (nSPS) is 40.0. The van der Waals surface area contributed by atoms with Crippen LogP contribution in [0.1, 0.15) is 42.9 Å². The van der Waals surface area contributed by atoms with Gasteiger partial charge in [0.05, 0.1) is 5.04 Å². The molecule has 1 heterocycles. The first-order chi connectivity index (χ1) is 12.6. The first kappa shape index (κ1) is 17.9. The van der Waals surface area contributed by atoms with Crippen LogP contribution in [0, 0.1) is 11.8 Å². The molecule has 1 aromatic carbocycles. The predicted molar refractivity (Wildman–Crippen MR) is 114 cm³/mol. The standard InChI is InChI=1S/C22H31NO2Si2/c1-14-11-15-7-6-8-19(18(15)12-14)21-16-9-10-17(13-16)22(21,20(23)24)27(4,5)25-26(21,2)3/h6-8,12,16-17H,9-11,13H2,1-5H3,(H2,23,24). The van der Waals surface area contributed by atoms with Crippen molar-refractivity contribution in [1.82, 2.24) is 0 Å². The Hall–Kier alpha value is -1.18. The van der Waals surface area contributed by atoms with Crippen LogP contribution in [0.2, 0.25) is 31.2 Å². The highest BCUT2D eigenvalue weighted by molar-refractivity contribution is 6.96. The number of benzene rings is 1. The highest BCUT2D eigenvalue weighted by Crippen LogP contribution is 2.80. The molecule has 5 heteroatoms. The second-order valence-electron chi connectivity index (χ2n) is 10.4. The van der Waals surface area contributed by atoms with E-state index in [1.807, 2.05) is 0 Å². The molecule has 2 N–H and O–H groups in total. The van der Waals surface area contributed by atoms with Crippen molar-refractivity contribution in [3.63, 3.8) is 0 Å². The summed E-state index contributed by atoms with van der Waals surface area (Å²) in [5.41, 5.74) is 12.0. The van der Waals surface area contributed by atoms with Crippen LogP contribution in [-0.4, -0.2) is 22.5 Å². The van der Waals surface area contributed by atoms with Gasteiger partial charge in [-0.15, -0.1) is 0 Å². The lowest BCUT2D eigenvalue weighted by atomic mass is 9.71. The molecule has 3 fully saturated rings. The molecule has 5 rings (SSSR count). The van der Waals surface area contributed by atoms with E-state index >= 15 is 0 Å². The molecule has 1 aliphatic heterocycles. The van der Waals surface area contributed by atoms with Crippen LogP contribution in [0.5, 0.6) is 0 Å². The summed E-state index contributed by atoms with van der Waals surface area (Å²) >= 11 is 0. The highest BCUT2D eigenvalue weighted by atomic mass is 28.4. The molecule has 3 aliphatic carbocycles. The van der Waals surface area contributed by atoms with E-state index in [0.717, 1.165) is 19.3 Å². The quantitative estimate of drug-likeness (QED) is 0.746. The first-order valence-corrected chi connectivity index (χ1v) is 16.2. The predicted octanol–water partition coefficient (Wildman–Crippen LogP) is 4.52. The van der Waals surface area contributed by atoms with Gasteiger partial charge in [0, 0.05) is 5.04 Å². The molecule has 0 radical (unpaired) electrons. The summed E-state index contributed by atoms with van der Waals surface area (Å²) in [6.07, 6.45) is 6.92.